The maximum Gasteiger partial charge on any atom is 0.413 e. The lowest BCUT2D eigenvalue weighted by Crippen LogP contribution is -2.48. The topological polar surface area (TPSA) is 158 Å². The van der Waals surface area contributed by atoms with Gasteiger partial charge >= 0.3 is 12.2 Å². The molecule has 0 aliphatic carbocycles. The molecule has 0 bridgehead atoms. The van der Waals surface area contributed by atoms with Gasteiger partial charge in [0.2, 0.25) is 17.8 Å². The molecule has 0 fully saturated rings. The smallest absolute Gasteiger partial charge is 0.413 e. The van der Waals surface area contributed by atoms with Gasteiger partial charge in [-0.05, 0) is 48.6 Å². The Morgan fingerprint density at radius 3 is 2.12 bits per heavy atom. The summed E-state index contributed by atoms with van der Waals surface area (Å²) in [5.41, 5.74) is 2.34. The number of aliphatic imine (C=N–C) groups is 1. The van der Waals surface area contributed by atoms with Crippen molar-refractivity contribution in [2.75, 3.05) is 13.2 Å². The van der Waals surface area contributed by atoms with E-state index in [0.29, 0.717) is 10.6 Å². The van der Waals surface area contributed by atoms with Gasteiger partial charge < -0.3 is 20.5 Å². The summed E-state index contributed by atoms with van der Waals surface area (Å²) in [7, 11) is 0. The van der Waals surface area contributed by atoms with Gasteiger partial charge in [-0.1, -0.05) is 84.4 Å². The van der Waals surface area contributed by atoms with E-state index in [4.69, 9.17) is 21.4 Å². The van der Waals surface area contributed by atoms with E-state index >= 15 is 0 Å². The maximum absolute atomic E-state index is 13.8. The minimum Gasteiger partial charge on any atom is -0.465 e. The number of rotatable bonds is 12. The minimum atomic E-state index is -1.42. The zero-order valence-corrected chi connectivity index (χ0v) is 24.3. The van der Waals surface area contributed by atoms with Gasteiger partial charge in [-0.3, -0.25) is 25.2 Å². The summed E-state index contributed by atoms with van der Waals surface area (Å²) in [6.45, 7) is 2.00. The molecule has 3 aromatic carbocycles. The van der Waals surface area contributed by atoms with Gasteiger partial charge in [0.25, 0.3) is 0 Å². The summed E-state index contributed by atoms with van der Waals surface area (Å²) in [6.07, 6.45) is -1.84. The highest BCUT2D eigenvalue weighted by molar-refractivity contribution is 6.30. The first-order valence-corrected chi connectivity index (χ1v) is 14.0. The standard InChI is InChI=1S/C31H34ClN5O6/c1-2-43-31(42)37-29(36-30(40)41)33-19-9-14-25(27(38)34-20-21-10-5-3-6-11-21)35-28(39)26(22-12-7-4-8-13-22)23-15-17-24(32)18-16-23/h3-8,10-13,15-18,25-26H,2,9,14,19-20H2,1H3,(H,34,38)(H,35,39)(H,40,41)(H2,33,36,37,42). The Morgan fingerprint density at radius 2 is 1.49 bits per heavy atom. The predicted molar refractivity (Wildman–Crippen MR) is 163 cm³/mol. The van der Waals surface area contributed by atoms with Gasteiger partial charge in [0.05, 0.1) is 12.5 Å². The first kappa shape index (κ1) is 32.6. The molecule has 43 heavy (non-hydrogen) atoms. The third-order valence-corrected chi connectivity index (χ3v) is 6.44. The van der Waals surface area contributed by atoms with Crippen molar-refractivity contribution in [2.45, 2.75) is 38.3 Å². The monoisotopic (exact) mass is 607 g/mol. The Balaban J connectivity index is 1.78. The van der Waals surface area contributed by atoms with Crippen molar-refractivity contribution >= 4 is 41.6 Å². The Morgan fingerprint density at radius 1 is 0.860 bits per heavy atom. The number of hydrogen-bond donors (Lipinski definition) is 5. The van der Waals surface area contributed by atoms with Crippen LogP contribution < -0.4 is 21.3 Å². The van der Waals surface area contributed by atoms with E-state index < -0.39 is 30.1 Å². The fraction of sp³-hybridized carbons (Fsp3) is 0.258. The number of halogens is 1. The van der Waals surface area contributed by atoms with Crippen molar-refractivity contribution < 1.29 is 29.0 Å². The van der Waals surface area contributed by atoms with Gasteiger partial charge in [0.15, 0.2) is 0 Å². The molecule has 0 aliphatic rings. The number of guanidine groups is 1. The zero-order chi connectivity index (χ0) is 31.0. The lowest BCUT2D eigenvalue weighted by atomic mass is 9.90. The second kappa shape index (κ2) is 17.1. The zero-order valence-electron chi connectivity index (χ0n) is 23.6. The van der Waals surface area contributed by atoms with Gasteiger partial charge in [-0.2, -0.15) is 0 Å². The summed E-state index contributed by atoms with van der Waals surface area (Å²) in [4.78, 5) is 54.1. The molecule has 0 radical (unpaired) electrons. The van der Waals surface area contributed by atoms with Crippen molar-refractivity contribution in [3.05, 3.63) is 107 Å². The summed E-state index contributed by atoms with van der Waals surface area (Å²) < 4.78 is 4.77. The van der Waals surface area contributed by atoms with Gasteiger partial charge in [0, 0.05) is 18.1 Å². The highest BCUT2D eigenvalue weighted by atomic mass is 35.5. The average molecular weight is 608 g/mol. The molecule has 0 aliphatic heterocycles. The second-order valence-electron chi connectivity index (χ2n) is 9.31. The van der Waals surface area contributed by atoms with Crippen LogP contribution in [0.2, 0.25) is 5.02 Å². The molecule has 2 atom stereocenters. The Kier molecular flexibility index (Phi) is 13.0. The molecule has 0 saturated carbocycles. The third kappa shape index (κ3) is 11.1. The number of carboxylic acid groups (broad SMARTS) is 1. The van der Waals surface area contributed by atoms with Crippen molar-refractivity contribution in [1.82, 2.24) is 21.3 Å². The van der Waals surface area contributed by atoms with Gasteiger partial charge in [-0.25, -0.2) is 9.59 Å². The van der Waals surface area contributed by atoms with Crippen molar-refractivity contribution in [3.8, 4) is 0 Å². The molecule has 0 saturated heterocycles. The molecule has 0 aromatic heterocycles. The number of amides is 4. The lowest BCUT2D eigenvalue weighted by molar-refractivity contribution is -0.129. The molecule has 3 aromatic rings. The van der Waals surface area contributed by atoms with Gasteiger partial charge in [0.1, 0.15) is 6.04 Å². The Labute approximate surface area is 254 Å². The molecule has 4 amide bonds. The molecule has 2 unspecified atom stereocenters. The van der Waals surface area contributed by atoms with Crippen LogP contribution in [0.25, 0.3) is 0 Å². The van der Waals surface area contributed by atoms with E-state index in [-0.39, 0.29) is 44.4 Å². The summed E-state index contributed by atoms with van der Waals surface area (Å²) in [6, 6.07) is 24.6. The summed E-state index contributed by atoms with van der Waals surface area (Å²) >= 11 is 6.09. The van der Waals surface area contributed by atoms with E-state index in [0.717, 1.165) is 11.1 Å². The van der Waals surface area contributed by atoms with E-state index in [1.165, 1.54) is 0 Å². The average Bonchev–Trinajstić information content (AvgIpc) is 2.99. The maximum atomic E-state index is 13.8. The molecular formula is C31H34ClN5O6. The molecule has 0 spiro atoms. The number of alkyl carbamates (subject to hydrolysis) is 1. The van der Waals surface area contributed by atoms with Crippen LogP contribution in [0.5, 0.6) is 0 Å². The molecule has 11 nitrogen and oxygen atoms in total. The van der Waals surface area contributed by atoms with E-state index in [2.05, 4.69) is 20.9 Å². The van der Waals surface area contributed by atoms with Crippen LogP contribution >= 0.6 is 11.6 Å². The highest BCUT2D eigenvalue weighted by Gasteiger charge is 2.28. The minimum absolute atomic E-state index is 0.0413. The fourth-order valence-corrected chi connectivity index (χ4v) is 4.32. The van der Waals surface area contributed by atoms with Crippen LogP contribution in [0.1, 0.15) is 42.4 Å². The van der Waals surface area contributed by atoms with Crippen molar-refractivity contribution in [3.63, 3.8) is 0 Å². The predicted octanol–water partition coefficient (Wildman–Crippen LogP) is 4.42. The van der Waals surface area contributed by atoms with Crippen LogP contribution in [0.3, 0.4) is 0 Å². The summed E-state index contributed by atoms with van der Waals surface area (Å²) in [5.74, 6) is -1.79. The van der Waals surface area contributed by atoms with Crippen LogP contribution in [0.15, 0.2) is 89.9 Å². The summed E-state index contributed by atoms with van der Waals surface area (Å²) in [5, 5.41) is 19.6. The second-order valence-corrected chi connectivity index (χ2v) is 9.74. The van der Waals surface area contributed by atoms with E-state index in [1.54, 1.807) is 31.2 Å². The molecule has 12 heteroatoms. The largest absolute Gasteiger partial charge is 0.465 e. The lowest BCUT2D eigenvalue weighted by Gasteiger charge is -2.23. The normalized spacial score (nSPS) is 12.4. The molecule has 3 rings (SSSR count). The van der Waals surface area contributed by atoms with Crippen LogP contribution in [0, 0.1) is 0 Å². The quantitative estimate of drug-likeness (QED) is 0.116. The first-order chi connectivity index (χ1) is 20.8. The number of hydrogen-bond acceptors (Lipinski definition) is 6. The SMILES string of the molecule is CCOC(=O)NC(=NCCCC(NC(=O)C(c1ccccc1)c1ccc(Cl)cc1)C(=O)NCc1ccccc1)NC(=O)O. The number of carbonyl (C=O) groups is 4. The number of nitrogens with zero attached hydrogens (tertiary/aromatic N) is 1. The van der Waals surface area contributed by atoms with E-state index in [1.807, 2.05) is 66.0 Å². The van der Waals surface area contributed by atoms with Gasteiger partial charge in [-0.15, -0.1) is 0 Å². The van der Waals surface area contributed by atoms with Crippen molar-refractivity contribution in [2.24, 2.45) is 4.99 Å². The van der Waals surface area contributed by atoms with Crippen LogP contribution in [-0.2, 0) is 20.9 Å². The number of ether oxygens (including phenoxy) is 1. The molecular weight excluding hydrogens is 574 g/mol. The highest BCUT2D eigenvalue weighted by Crippen LogP contribution is 2.26. The van der Waals surface area contributed by atoms with Crippen LogP contribution in [-0.4, -0.2) is 54.3 Å². The molecule has 226 valence electrons. The van der Waals surface area contributed by atoms with Crippen LogP contribution in [0.4, 0.5) is 9.59 Å². The molecule has 0 heterocycles. The fourth-order valence-electron chi connectivity index (χ4n) is 4.19. The van der Waals surface area contributed by atoms with E-state index in [9.17, 15) is 19.2 Å². The Bertz CT molecular complexity index is 1390. The number of nitrogens with one attached hydrogen (secondary N) is 4. The third-order valence-electron chi connectivity index (χ3n) is 6.18. The number of carbonyl (C=O) groups excluding carboxylic acids is 3. The van der Waals surface area contributed by atoms with Crippen molar-refractivity contribution in [1.29, 1.82) is 0 Å². The molecule has 5 N–H and O–H groups in total. The first-order valence-electron chi connectivity index (χ1n) is 13.7. The number of benzene rings is 3. The Hall–Kier alpha value is -4.90.